The number of hydrogen-bond donors (Lipinski definition) is 1. The van der Waals surface area contributed by atoms with Gasteiger partial charge in [0.25, 0.3) is 5.91 Å². The molecule has 1 spiro atoms. The van der Waals surface area contributed by atoms with Crippen LogP contribution >= 0.6 is 0 Å². The molecule has 2 N–H and O–H groups in total. The summed E-state index contributed by atoms with van der Waals surface area (Å²) in [6, 6.07) is 0.227. The van der Waals surface area contributed by atoms with Crippen LogP contribution in [0.1, 0.15) is 62.9 Å². The van der Waals surface area contributed by atoms with E-state index in [1.54, 1.807) is 0 Å². The first kappa shape index (κ1) is 17.1. The lowest BCUT2D eigenvalue weighted by Crippen LogP contribution is -2.65. The van der Waals surface area contributed by atoms with E-state index in [4.69, 9.17) is 10.5 Å². The van der Waals surface area contributed by atoms with Gasteiger partial charge in [-0.25, -0.2) is 9.97 Å². The summed E-state index contributed by atoms with van der Waals surface area (Å²) in [6.45, 7) is 5.60. The molecule has 0 bridgehead atoms. The lowest BCUT2D eigenvalue weighted by atomic mass is 9.59. The molecule has 1 aromatic rings. The van der Waals surface area contributed by atoms with Gasteiger partial charge in [0.1, 0.15) is 0 Å². The number of ether oxygens (including phenoxy) is 1. The first-order chi connectivity index (χ1) is 11.6. The lowest BCUT2D eigenvalue weighted by Gasteiger charge is -2.57. The quantitative estimate of drug-likeness (QED) is 0.866. The van der Waals surface area contributed by atoms with Crippen molar-refractivity contribution in [2.24, 2.45) is 5.41 Å². The van der Waals surface area contributed by atoms with Gasteiger partial charge in [-0.3, -0.25) is 4.79 Å². The van der Waals surface area contributed by atoms with Crippen molar-refractivity contribution in [3.8, 4) is 0 Å². The van der Waals surface area contributed by atoms with Crippen LogP contribution < -0.4 is 5.73 Å². The monoisotopic (exact) mass is 332 g/mol. The predicted octanol–water partition coefficient (Wildman–Crippen LogP) is 2.65. The van der Waals surface area contributed by atoms with Gasteiger partial charge in [-0.15, -0.1) is 0 Å². The van der Waals surface area contributed by atoms with Crippen LogP contribution in [0, 0.1) is 5.41 Å². The van der Waals surface area contributed by atoms with Crippen LogP contribution in [0.2, 0.25) is 0 Å². The molecular weight excluding hydrogens is 304 g/mol. The van der Waals surface area contributed by atoms with Crippen LogP contribution in [0.4, 0.5) is 5.82 Å². The first-order valence-electron chi connectivity index (χ1n) is 9.13. The standard InChI is InChI=1S/C18H28N4O2/c1-3-11-22(17(23)15-16(19)21-10-9-20-15)13-12-14(24-4-2)18(13)7-5-6-8-18/h9-10,13-14H,3-8,11-12H2,1-2H3,(H2,19,21)/t13-,14+/m1/s1. The smallest absolute Gasteiger partial charge is 0.276 e. The van der Waals surface area contributed by atoms with Gasteiger partial charge in [-0.05, 0) is 32.6 Å². The van der Waals surface area contributed by atoms with E-state index >= 15 is 0 Å². The highest BCUT2D eigenvalue weighted by Gasteiger charge is 2.59. The van der Waals surface area contributed by atoms with E-state index < -0.39 is 0 Å². The Morgan fingerprint density at radius 1 is 1.33 bits per heavy atom. The second-order valence-corrected chi connectivity index (χ2v) is 6.92. The number of hydrogen-bond acceptors (Lipinski definition) is 5. The first-order valence-corrected chi connectivity index (χ1v) is 9.13. The summed E-state index contributed by atoms with van der Waals surface area (Å²) in [5, 5.41) is 0. The number of nitrogens with zero attached hydrogens (tertiary/aromatic N) is 3. The van der Waals surface area contributed by atoms with Gasteiger partial charge >= 0.3 is 0 Å². The Morgan fingerprint density at radius 3 is 2.67 bits per heavy atom. The zero-order chi connectivity index (χ0) is 17.2. The van der Waals surface area contributed by atoms with Crippen LogP contribution in [0.3, 0.4) is 0 Å². The van der Waals surface area contributed by atoms with Crippen LogP contribution in [0.15, 0.2) is 12.4 Å². The molecule has 132 valence electrons. The van der Waals surface area contributed by atoms with Crippen LogP contribution in [0.25, 0.3) is 0 Å². The second kappa shape index (κ2) is 7.05. The molecule has 2 saturated carbocycles. The number of anilines is 1. The fourth-order valence-electron chi connectivity index (χ4n) is 4.58. The highest BCUT2D eigenvalue weighted by atomic mass is 16.5. The summed E-state index contributed by atoms with van der Waals surface area (Å²) in [7, 11) is 0. The number of nitrogens with two attached hydrogens (primary N) is 1. The van der Waals surface area contributed by atoms with Crippen molar-refractivity contribution in [1.82, 2.24) is 14.9 Å². The molecule has 0 aromatic carbocycles. The summed E-state index contributed by atoms with van der Waals surface area (Å²) in [5.74, 6) is 0.124. The summed E-state index contributed by atoms with van der Waals surface area (Å²) in [5.41, 5.74) is 6.29. The van der Waals surface area contributed by atoms with E-state index in [0.717, 1.165) is 38.8 Å². The van der Waals surface area contributed by atoms with E-state index in [9.17, 15) is 4.79 Å². The van der Waals surface area contributed by atoms with Crippen molar-refractivity contribution in [1.29, 1.82) is 0 Å². The van der Waals surface area contributed by atoms with Crippen LogP contribution in [0.5, 0.6) is 0 Å². The third-order valence-electron chi connectivity index (χ3n) is 5.68. The fraction of sp³-hybridized carbons (Fsp3) is 0.722. The lowest BCUT2D eigenvalue weighted by molar-refractivity contribution is -0.156. The Balaban J connectivity index is 1.86. The molecule has 2 fully saturated rings. The third-order valence-corrected chi connectivity index (χ3v) is 5.68. The molecule has 2 aliphatic carbocycles. The molecule has 24 heavy (non-hydrogen) atoms. The molecule has 0 unspecified atom stereocenters. The van der Waals surface area contributed by atoms with Gasteiger partial charge in [-0.1, -0.05) is 19.8 Å². The van der Waals surface area contributed by atoms with Gasteiger partial charge in [0.2, 0.25) is 0 Å². The topological polar surface area (TPSA) is 81.3 Å². The van der Waals surface area contributed by atoms with Crippen molar-refractivity contribution in [3.05, 3.63) is 18.1 Å². The number of aromatic nitrogens is 2. The van der Waals surface area contributed by atoms with Gasteiger partial charge in [0.05, 0.1) is 6.10 Å². The molecule has 1 amide bonds. The van der Waals surface area contributed by atoms with Crippen LogP contribution in [-0.4, -0.2) is 46.1 Å². The minimum atomic E-state index is -0.0892. The highest BCUT2D eigenvalue weighted by Crippen LogP contribution is 2.56. The van der Waals surface area contributed by atoms with Gasteiger partial charge in [-0.2, -0.15) is 0 Å². The van der Waals surface area contributed by atoms with Crippen molar-refractivity contribution in [3.63, 3.8) is 0 Å². The molecule has 1 heterocycles. The molecule has 6 heteroatoms. The van der Waals surface area contributed by atoms with E-state index in [1.165, 1.54) is 25.2 Å². The molecule has 1 aromatic heterocycles. The number of carbonyl (C=O) groups is 1. The molecular formula is C18H28N4O2. The molecule has 0 aliphatic heterocycles. The van der Waals surface area contributed by atoms with E-state index in [-0.39, 0.29) is 35.0 Å². The normalized spacial score (nSPS) is 24.8. The van der Waals surface area contributed by atoms with Gasteiger partial charge < -0.3 is 15.4 Å². The van der Waals surface area contributed by atoms with Gasteiger partial charge in [0.15, 0.2) is 11.5 Å². The molecule has 0 radical (unpaired) electrons. The average molecular weight is 332 g/mol. The van der Waals surface area contributed by atoms with Gasteiger partial charge in [0, 0.05) is 37.0 Å². The number of carbonyl (C=O) groups excluding carboxylic acids is 1. The summed E-state index contributed by atoms with van der Waals surface area (Å²) in [4.78, 5) is 23.3. The Bertz CT molecular complexity index is 586. The predicted molar refractivity (Wildman–Crippen MR) is 92.5 cm³/mol. The Labute approximate surface area is 143 Å². The fourth-order valence-corrected chi connectivity index (χ4v) is 4.58. The Morgan fingerprint density at radius 2 is 2.04 bits per heavy atom. The van der Waals surface area contributed by atoms with Crippen molar-refractivity contribution >= 4 is 11.7 Å². The Kier molecular flexibility index (Phi) is 5.04. The maximum absolute atomic E-state index is 13.1. The van der Waals surface area contributed by atoms with Crippen molar-refractivity contribution in [2.75, 3.05) is 18.9 Å². The molecule has 2 aliphatic rings. The molecule has 0 saturated heterocycles. The van der Waals surface area contributed by atoms with E-state index in [2.05, 4.69) is 16.9 Å². The number of amides is 1. The minimum absolute atomic E-state index is 0.0892. The molecule has 3 rings (SSSR count). The van der Waals surface area contributed by atoms with Crippen molar-refractivity contribution < 1.29 is 9.53 Å². The zero-order valence-corrected chi connectivity index (χ0v) is 14.7. The van der Waals surface area contributed by atoms with Crippen LogP contribution in [-0.2, 0) is 4.74 Å². The maximum atomic E-state index is 13.1. The third kappa shape index (κ3) is 2.77. The molecule has 6 nitrogen and oxygen atoms in total. The zero-order valence-electron chi connectivity index (χ0n) is 14.7. The summed E-state index contributed by atoms with van der Waals surface area (Å²) < 4.78 is 5.99. The Hall–Kier alpha value is -1.69. The van der Waals surface area contributed by atoms with E-state index in [0.29, 0.717) is 0 Å². The SMILES string of the molecule is CCCN(C(=O)c1nccnc1N)[C@@H]1C[C@H](OCC)C12CCCC2. The van der Waals surface area contributed by atoms with E-state index in [1.807, 2.05) is 11.8 Å². The summed E-state index contributed by atoms with van der Waals surface area (Å²) >= 11 is 0. The second-order valence-electron chi connectivity index (χ2n) is 6.92. The number of rotatable bonds is 6. The highest BCUT2D eigenvalue weighted by molar-refractivity contribution is 5.96. The molecule has 2 atom stereocenters. The largest absolute Gasteiger partial charge is 0.382 e. The average Bonchev–Trinajstić information content (AvgIpc) is 3.09. The maximum Gasteiger partial charge on any atom is 0.276 e. The van der Waals surface area contributed by atoms with Crippen molar-refractivity contribution in [2.45, 2.75) is 64.5 Å². The summed E-state index contributed by atoms with van der Waals surface area (Å²) in [6.07, 6.45) is 9.89. The number of nitrogen functional groups attached to an aromatic ring is 1. The minimum Gasteiger partial charge on any atom is -0.382 e.